The lowest BCUT2D eigenvalue weighted by Gasteiger charge is -2.39. The van der Waals surface area contributed by atoms with Gasteiger partial charge in [-0.3, -0.25) is 9.80 Å². The summed E-state index contributed by atoms with van der Waals surface area (Å²) in [6.45, 7) is 6.57. The number of hydrogen-bond acceptors (Lipinski definition) is 3. The molecular formula is C17H27N3. The molecule has 1 aromatic carbocycles. The molecule has 1 aliphatic heterocycles. The number of benzene rings is 1. The molecule has 1 aromatic rings. The third kappa shape index (κ3) is 3.05. The molecular weight excluding hydrogens is 246 g/mol. The van der Waals surface area contributed by atoms with Crippen molar-refractivity contribution in [2.75, 3.05) is 39.3 Å². The van der Waals surface area contributed by atoms with Gasteiger partial charge in [0.15, 0.2) is 0 Å². The van der Waals surface area contributed by atoms with Gasteiger partial charge in [-0.15, -0.1) is 0 Å². The fourth-order valence-electron chi connectivity index (χ4n) is 3.76. The zero-order valence-electron chi connectivity index (χ0n) is 12.4. The van der Waals surface area contributed by atoms with E-state index in [0.29, 0.717) is 6.04 Å². The van der Waals surface area contributed by atoms with Gasteiger partial charge in [0.25, 0.3) is 0 Å². The number of rotatable bonds is 3. The second-order valence-corrected chi connectivity index (χ2v) is 6.13. The highest BCUT2D eigenvalue weighted by molar-refractivity contribution is 5.31. The molecule has 0 unspecified atom stereocenters. The Morgan fingerprint density at radius 1 is 1.05 bits per heavy atom. The molecule has 1 atom stereocenters. The van der Waals surface area contributed by atoms with Crippen molar-refractivity contribution in [1.29, 1.82) is 0 Å². The number of fused-ring (bicyclic) bond motifs is 1. The second kappa shape index (κ2) is 6.70. The highest BCUT2D eigenvalue weighted by atomic mass is 15.3. The molecule has 1 fully saturated rings. The summed E-state index contributed by atoms with van der Waals surface area (Å²) in [5.41, 5.74) is 8.84. The van der Waals surface area contributed by atoms with Gasteiger partial charge in [-0.2, -0.15) is 0 Å². The van der Waals surface area contributed by atoms with Crippen molar-refractivity contribution in [3.8, 4) is 0 Å². The molecule has 2 N–H and O–H groups in total. The van der Waals surface area contributed by atoms with Gasteiger partial charge < -0.3 is 5.73 Å². The summed E-state index contributed by atoms with van der Waals surface area (Å²) in [7, 11) is 0. The Labute approximate surface area is 122 Å². The van der Waals surface area contributed by atoms with E-state index in [0.717, 1.165) is 13.1 Å². The highest BCUT2D eigenvalue weighted by Gasteiger charge is 2.27. The van der Waals surface area contributed by atoms with Crippen LogP contribution in [0, 0.1) is 0 Å². The lowest BCUT2D eigenvalue weighted by Crippen LogP contribution is -2.48. The van der Waals surface area contributed by atoms with E-state index in [1.165, 1.54) is 51.9 Å². The first-order valence-electron chi connectivity index (χ1n) is 8.13. The van der Waals surface area contributed by atoms with E-state index in [1.807, 2.05) is 0 Å². The molecule has 1 saturated heterocycles. The van der Waals surface area contributed by atoms with Gasteiger partial charge >= 0.3 is 0 Å². The van der Waals surface area contributed by atoms with Gasteiger partial charge in [0.1, 0.15) is 0 Å². The van der Waals surface area contributed by atoms with Crippen LogP contribution >= 0.6 is 0 Å². The van der Waals surface area contributed by atoms with Gasteiger partial charge in [0, 0.05) is 45.3 Å². The summed E-state index contributed by atoms with van der Waals surface area (Å²) < 4.78 is 0. The third-order valence-corrected chi connectivity index (χ3v) is 4.88. The Kier molecular flexibility index (Phi) is 4.71. The lowest BCUT2D eigenvalue weighted by atomic mass is 9.97. The molecule has 0 amide bonds. The fourth-order valence-corrected chi connectivity index (χ4v) is 3.76. The average Bonchev–Trinajstić information content (AvgIpc) is 2.71. The van der Waals surface area contributed by atoms with Crippen LogP contribution in [0.1, 0.15) is 36.4 Å². The van der Waals surface area contributed by atoms with Crippen molar-refractivity contribution in [3.63, 3.8) is 0 Å². The average molecular weight is 273 g/mol. The van der Waals surface area contributed by atoms with Crippen molar-refractivity contribution in [2.24, 2.45) is 5.73 Å². The van der Waals surface area contributed by atoms with E-state index in [-0.39, 0.29) is 0 Å². The van der Waals surface area contributed by atoms with Crippen LogP contribution in [0.25, 0.3) is 0 Å². The molecule has 1 aliphatic carbocycles. The van der Waals surface area contributed by atoms with E-state index in [4.69, 9.17) is 5.73 Å². The molecule has 0 aromatic heterocycles. The number of nitrogens with two attached hydrogens (primary N) is 1. The van der Waals surface area contributed by atoms with Crippen molar-refractivity contribution >= 4 is 0 Å². The van der Waals surface area contributed by atoms with Crippen LogP contribution in [0.2, 0.25) is 0 Å². The summed E-state index contributed by atoms with van der Waals surface area (Å²) >= 11 is 0. The van der Waals surface area contributed by atoms with Crippen LogP contribution in [-0.4, -0.2) is 49.1 Å². The molecule has 110 valence electrons. The minimum Gasteiger partial charge on any atom is -0.329 e. The van der Waals surface area contributed by atoms with Crippen LogP contribution in [-0.2, 0) is 6.42 Å². The molecule has 20 heavy (non-hydrogen) atoms. The quantitative estimate of drug-likeness (QED) is 0.855. The zero-order valence-corrected chi connectivity index (χ0v) is 12.4. The number of piperazine rings is 1. The topological polar surface area (TPSA) is 32.5 Å². The van der Waals surface area contributed by atoms with Crippen molar-refractivity contribution < 1.29 is 0 Å². The fraction of sp³-hybridized carbons (Fsp3) is 0.647. The molecule has 3 rings (SSSR count). The normalized spacial score (nSPS) is 25.1. The predicted octanol–water partition coefficient (Wildman–Crippen LogP) is 2.03. The third-order valence-electron chi connectivity index (χ3n) is 4.88. The monoisotopic (exact) mass is 273 g/mol. The van der Waals surface area contributed by atoms with Crippen molar-refractivity contribution in [2.45, 2.75) is 31.7 Å². The standard InChI is InChI=1S/C17H27N3/c18-9-10-19-11-13-20(14-12-19)17-8-4-2-6-15-5-1-3-7-16(15)17/h1,3,5,7,17H,2,4,6,8-14,18H2/t17-/m1/s1. The van der Waals surface area contributed by atoms with E-state index >= 15 is 0 Å². The van der Waals surface area contributed by atoms with Crippen molar-refractivity contribution in [3.05, 3.63) is 35.4 Å². The predicted molar refractivity (Wildman–Crippen MR) is 83.8 cm³/mol. The first-order chi connectivity index (χ1) is 9.88. The highest BCUT2D eigenvalue weighted by Crippen LogP contribution is 2.33. The maximum absolute atomic E-state index is 5.67. The Morgan fingerprint density at radius 2 is 1.85 bits per heavy atom. The van der Waals surface area contributed by atoms with Gasteiger partial charge in [-0.05, 0) is 30.4 Å². The Morgan fingerprint density at radius 3 is 2.65 bits per heavy atom. The van der Waals surface area contributed by atoms with Crippen LogP contribution in [0.4, 0.5) is 0 Å². The van der Waals surface area contributed by atoms with Crippen LogP contribution < -0.4 is 5.73 Å². The second-order valence-electron chi connectivity index (χ2n) is 6.13. The first kappa shape index (κ1) is 14.1. The largest absolute Gasteiger partial charge is 0.329 e. The maximum atomic E-state index is 5.67. The van der Waals surface area contributed by atoms with Crippen LogP contribution in [0.15, 0.2) is 24.3 Å². The van der Waals surface area contributed by atoms with E-state index in [1.54, 1.807) is 11.1 Å². The van der Waals surface area contributed by atoms with Gasteiger partial charge in [0.2, 0.25) is 0 Å². The summed E-state index contributed by atoms with van der Waals surface area (Å²) in [5.74, 6) is 0. The van der Waals surface area contributed by atoms with Crippen molar-refractivity contribution in [1.82, 2.24) is 9.80 Å². The Hall–Kier alpha value is -0.900. The van der Waals surface area contributed by atoms with Gasteiger partial charge in [-0.25, -0.2) is 0 Å². The van der Waals surface area contributed by atoms with E-state index in [9.17, 15) is 0 Å². The Balaban J connectivity index is 1.71. The smallest absolute Gasteiger partial charge is 0.0351 e. The van der Waals surface area contributed by atoms with E-state index < -0.39 is 0 Å². The summed E-state index contributed by atoms with van der Waals surface area (Å²) in [6, 6.07) is 9.74. The summed E-state index contributed by atoms with van der Waals surface area (Å²) in [6.07, 6.45) is 5.30. The molecule has 2 aliphatic rings. The molecule has 3 heteroatoms. The summed E-state index contributed by atoms with van der Waals surface area (Å²) in [4.78, 5) is 5.20. The van der Waals surface area contributed by atoms with Crippen LogP contribution in [0.3, 0.4) is 0 Å². The molecule has 0 bridgehead atoms. The minimum absolute atomic E-state index is 0.647. The number of aryl methyl sites for hydroxylation is 1. The minimum atomic E-state index is 0.647. The van der Waals surface area contributed by atoms with Gasteiger partial charge in [-0.1, -0.05) is 30.7 Å². The van der Waals surface area contributed by atoms with Crippen LogP contribution in [0.5, 0.6) is 0 Å². The number of nitrogens with zero attached hydrogens (tertiary/aromatic N) is 2. The van der Waals surface area contributed by atoms with Gasteiger partial charge in [0.05, 0.1) is 0 Å². The first-order valence-corrected chi connectivity index (χ1v) is 8.13. The molecule has 3 nitrogen and oxygen atoms in total. The maximum Gasteiger partial charge on any atom is 0.0351 e. The molecule has 0 spiro atoms. The molecule has 1 heterocycles. The summed E-state index contributed by atoms with van der Waals surface area (Å²) in [5, 5.41) is 0. The Bertz CT molecular complexity index is 424. The van der Waals surface area contributed by atoms with E-state index in [2.05, 4.69) is 34.1 Å². The lowest BCUT2D eigenvalue weighted by molar-refractivity contribution is 0.0933. The number of hydrogen-bond donors (Lipinski definition) is 1. The zero-order chi connectivity index (χ0) is 13.8. The molecule has 0 saturated carbocycles. The molecule has 0 radical (unpaired) electrons. The SMILES string of the molecule is NCCN1CCN([C@@H]2CCCCc3ccccc32)CC1.